The van der Waals surface area contributed by atoms with E-state index in [4.69, 9.17) is 9.15 Å². The number of urea groups is 1. The van der Waals surface area contributed by atoms with Gasteiger partial charge in [0.25, 0.3) is 0 Å². The van der Waals surface area contributed by atoms with Gasteiger partial charge in [0.15, 0.2) is 5.76 Å². The number of nitrogens with one attached hydrogen (secondary N) is 3. The molecule has 7 nitrogen and oxygen atoms in total. The van der Waals surface area contributed by atoms with Gasteiger partial charge in [-0.3, -0.25) is 10.2 Å². The van der Waals surface area contributed by atoms with Crippen LogP contribution in [0.1, 0.15) is 35.7 Å². The summed E-state index contributed by atoms with van der Waals surface area (Å²) < 4.78 is 25.0. The van der Waals surface area contributed by atoms with Crippen LogP contribution in [-0.2, 0) is 12.0 Å². The zero-order chi connectivity index (χ0) is 22.3. The van der Waals surface area contributed by atoms with Gasteiger partial charge < -0.3 is 14.5 Å². The summed E-state index contributed by atoms with van der Waals surface area (Å²) in [5.74, 6) is 0.215. The van der Waals surface area contributed by atoms with Crippen LogP contribution < -0.4 is 20.9 Å². The fraction of sp³-hybridized carbons (Fsp3) is 0.217. The Bertz CT molecular complexity index is 1030. The van der Waals surface area contributed by atoms with Crippen molar-refractivity contribution in [1.82, 2.24) is 16.2 Å². The quantitative estimate of drug-likeness (QED) is 0.500. The number of carbonyl (C=O) groups is 2. The molecule has 1 aromatic heterocycles. The molecule has 8 heteroatoms. The molecule has 3 rings (SSSR count). The standard InChI is InChI=1S/C23H24FN3O4/c1-23(2,18-10-6-7-11-19(18)24)15-25-22(29)27-26-21(28)20-13-12-17(31-20)14-30-16-8-4-3-5-9-16/h3-13H,14-15H2,1-2H3,(H,26,28)(H2,25,27,29). The molecule has 0 saturated heterocycles. The molecule has 1 heterocycles. The average Bonchev–Trinajstić information content (AvgIpc) is 3.25. The minimum atomic E-state index is -0.638. The molecule has 0 aliphatic carbocycles. The topological polar surface area (TPSA) is 92.6 Å². The maximum absolute atomic E-state index is 14.0. The van der Waals surface area contributed by atoms with Crippen molar-refractivity contribution in [3.05, 3.63) is 89.6 Å². The Balaban J connectivity index is 1.44. The van der Waals surface area contributed by atoms with Crippen LogP contribution in [0.4, 0.5) is 9.18 Å². The number of carbonyl (C=O) groups excluding carboxylic acids is 2. The van der Waals surface area contributed by atoms with Crippen LogP contribution in [0, 0.1) is 5.82 Å². The van der Waals surface area contributed by atoms with Crippen LogP contribution in [-0.4, -0.2) is 18.5 Å². The highest BCUT2D eigenvalue weighted by atomic mass is 19.1. The van der Waals surface area contributed by atoms with E-state index < -0.39 is 17.4 Å². The highest BCUT2D eigenvalue weighted by molar-refractivity contribution is 5.92. The van der Waals surface area contributed by atoms with Crippen molar-refractivity contribution in [3.63, 3.8) is 0 Å². The minimum Gasteiger partial charge on any atom is -0.486 e. The van der Waals surface area contributed by atoms with Crippen molar-refractivity contribution >= 4 is 11.9 Å². The van der Waals surface area contributed by atoms with E-state index in [0.717, 1.165) is 0 Å². The molecule has 3 aromatic rings. The number of hydrogen-bond acceptors (Lipinski definition) is 4. The first-order valence-electron chi connectivity index (χ1n) is 9.71. The molecule has 3 N–H and O–H groups in total. The van der Waals surface area contributed by atoms with Crippen molar-refractivity contribution in [2.24, 2.45) is 0 Å². The predicted molar refractivity (Wildman–Crippen MR) is 113 cm³/mol. The second-order valence-electron chi connectivity index (χ2n) is 7.49. The Labute approximate surface area is 179 Å². The molecule has 31 heavy (non-hydrogen) atoms. The molecular weight excluding hydrogens is 401 g/mol. The Hall–Kier alpha value is -3.81. The van der Waals surface area contributed by atoms with E-state index >= 15 is 0 Å². The summed E-state index contributed by atoms with van der Waals surface area (Å²) >= 11 is 0. The highest BCUT2D eigenvalue weighted by Crippen LogP contribution is 2.24. The molecular formula is C23H24FN3O4. The lowest BCUT2D eigenvalue weighted by atomic mass is 9.84. The van der Waals surface area contributed by atoms with Gasteiger partial charge in [0.05, 0.1) is 0 Å². The Morgan fingerprint density at radius 1 is 0.968 bits per heavy atom. The number of para-hydroxylation sites is 1. The lowest BCUT2D eigenvalue weighted by Gasteiger charge is -2.26. The first-order chi connectivity index (χ1) is 14.8. The van der Waals surface area contributed by atoms with E-state index in [1.165, 1.54) is 12.1 Å². The molecule has 0 saturated carbocycles. The van der Waals surface area contributed by atoms with Crippen LogP contribution in [0.2, 0.25) is 0 Å². The molecule has 2 aromatic carbocycles. The third-order valence-corrected chi connectivity index (χ3v) is 4.59. The number of amides is 3. The van der Waals surface area contributed by atoms with Gasteiger partial charge in [0.1, 0.15) is 23.9 Å². The summed E-state index contributed by atoms with van der Waals surface area (Å²) in [6.07, 6.45) is 0. The van der Waals surface area contributed by atoms with Crippen LogP contribution in [0.15, 0.2) is 71.1 Å². The van der Waals surface area contributed by atoms with Crippen LogP contribution in [0.5, 0.6) is 5.75 Å². The smallest absolute Gasteiger partial charge is 0.333 e. The number of benzene rings is 2. The Morgan fingerprint density at radius 3 is 2.42 bits per heavy atom. The fourth-order valence-electron chi connectivity index (χ4n) is 2.87. The zero-order valence-electron chi connectivity index (χ0n) is 17.3. The second kappa shape index (κ2) is 9.80. The first kappa shape index (κ1) is 21.9. The van der Waals surface area contributed by atoms with Crippen LogP contribution in [0.3, 0.4) is 0 Å². The largest absolute Gasteiger partial charge is 0.486 e. The summed E-state index contributed by atoms with van der Waals surface area (Å²) in [5, 5.41) is 2.62. The summed E-state index contributed by atoms with van der Waals surface area (Å²) in [6.45, 7) is 3.95. The first-order valence-corrected chi connectivity index (χ1v) is 9.71. The monoisotopic (exact) mass is 425 g/mol. The fourth-order valence-corrected chi connectivity index (χ4v) is 2.87. The molecule has 0 radical (unpaired) electrons. The van der Waals surface area contributed by atoms with Crippen LogP contribution >= 0.6 is 0 Å². The number of hydrogen-bond donors (Lipinski definition) is 3. The van der Waals surface area contributed by atoms with Gasteiger partial charge in [0, 0.05) is 12.0 Å². The minimum absolute atomic E-state index is 0.0265. The summed E-state index contributed by atoms with van der Waals surface area (Å²) in [5.41, 5.74) is 4.36. The van der Waals surface area contributed by atoms with Crippen molar-refractivity contribution < 1.29 is 23.1 Å². The van der Waals surface area contributed by atoms with Crippen molar-refractivity contribution in [1.29, 1.82) is 0 Å². The lowest BCUT2D eigenvalue weighted by molar-refractivity contribution is 0.0904. The maximum atomic E-state index is 14.0. The predicted octanol–water partition coefficient (Wildman–Crippen LogP) is 3.92. The number of rotatable bonds is 7. The molecule has 0 aliphatic heterocycles. The van der Waals surface area contributed by atoms with E-state index in [9.17, 15) is 14.0 Å². The van der Waals surface area contributed by atoms with Gasteiger partial charge in [-0.05, 0) is 35.9 Å². The van der Waals surface area contributed by atoms with E-state index in [2.05, 4.69) is 16.2 Å². The molecule has 0 unspecified atom stereocenters. The van der Waals surface area contributed by atoms with Gasteiger partial charge in [-0.15, -0.1) is 0 Å². The van der Waals surface area contributed by atoms with Gasteiger partial charge in [-0.1, -0.05) is 50.2 Å². The molecule has 0 bridgehead atoms. The Kier molecular flexibility index (Phi) is 6.92. The molecule has 162 valence electrons. The third kappa shape index (κ3) is 6.08. The molecule has 0 spiro atoms. The van der Waals surface area contributed by atoms with Gasteiger partial charge in [-0.25, -0.2) is 14.6 Å². The van der Waals surface area contributed by atoms with Crippen molar-refractivity contribution in [2.45, 2.75) is 25.9 Å². The highest BCUT2D eigenvalue weighted by Gasteiger charge is 2.24. The van der Waals surface area contributed by atoms with Gasteiger partial charge in [-0.2, -0.15) is 0 Å². The summed E-state index contributed by atoms with van der Waals surface area (Å²) in [4.78, 5) is 24.2. The van der Waals surface area contributed by atoms with E-state index in [1.54, 1.807) is 24.3 Å². The average molecular weight is 425 g/mol. The molecule has 0 aliphatic rings. The number of ether oxygens (including phenoxy) is 1. The Morgan fingerprint density at radius 2 is 1.68 bits per heavy atom. The zero-order valence-corrected chi connectivity index (χ0v) is 17.3. The number of halogens is 1. The van der Waals surface area contributed by atoms with Crippen molar-refractivity contribution in [2.75, 3.05) is 6.54 Å². The van der Waals surface area contributed by atoms with E-state index in [0.29, 0.717) is 17.1 Å². The van der Waals surface area contributed by atoms with Gasteiger partial charge >= 0.3 is 11.9 Å². The summed E-state index contributed by atoms with van der Waals surface area (Å²) in [7, 11) is 0. The van der Waals surface area contributed by atoms with Crippen LogP contribution in [0.25, 0.3) is 0 Å². The second-order valence-corrected chi connectivity index (χ2v) is 7.49. The number of furan rings is 1. The van der Waals surface area contributed by atoms with Gasteiger partial charge in [0.2, 0.25) is 0 Å². The molecule has 0 atom stereocenters. The summed E-state index contributed by atoms with van der Waals surface area (Å²) in [6, 6.07) is 18.1. The van der Waals surface area contributed by atoms with Crippen molar-refractivity contribution in [3.8, 4) is 5.75 Å². The SMILES string of the molecule is CC(C)(CNC(=O)NNC(=O)c1ccc(COc2ccccc2)o1)c1ccccc1F. The molecule has 0 fully saturated rings. The van der Waals surface area contributed by atoms with E-state index in [1.807, 2.05) is 44.2 Å². The third-order valence-electron chi connectivity index (χ3n) is 4.59. The lowest BCUT2D eigenvalue weighted by Crippen LogP contribution is -2.49. The molecule has 3 amide bonds. The van der Waals surface area contributed by atoms with E-state index in [-0.39, 0.29) is 24.7 Å². The number of hydrazine groups is 1. The normalized spacial score (nSPS) is 10.9. The maximum Gasteiger partial charge on any atom is 0.333 e.